The van der Waals surface area contributed by atoms with Gasteiger partial charge in [0.2, 0.25) is 0 Å². The summed E-state index contributed by atoms with van der Waals surface area (Å²) in [7, 11) is 0. The summed E-state index contributed by atoms with van der Waals surface area (Å²) >= 11 is 0. The molecule has 190 valence electrons. The van der Waals surface area contributed by atoms with Crippen LogP contribution < -0.4 is 0 Å². The van der Waals surface area contributed by atoms with Crippen molar-refractivity contribution >= 4 is 5.78 Å². The fourth-order valence-corrected chi connectivity index (χ4v) is 0.408. The van der Waals surface area contributed by atoms with E-state index in [0.29, 0.717) is 12.2 Å². The number of ketones is 1. The molecule has 0 N–H and O–H groups in total. The monoisotopic (exact) mass is 425 g/mol. The normalized spacial score (nSPS) is 7.72. The molecule has 1 nitrogen and oxygen atoms in total. The van der Waals surface area contributed by atoms with E-state index in [4.69, 9.17) is 0 Å². The van der Waals surface area contributed by atoms with Crippen LogP contribution in [0.1, 0.15) is 159 Å². The second kappa shape index (κ2) is 56.5. The molecule has 0 fully saturated rings. The smallest absolute Gasteiger partial charge is 0.135 e. The van der Waals surface area contributed by atoms with Crippen LogP contribution in [0.3, 0.4) is 0 Å². The molecule has 0 saturated heterocycles. The molecule has 0 aromatic rings. The average Bonchev–Trinajstić information content (AvgIpc) is 2.47. The fourth-order valence-electron chi connectivity index (χ4n) is 0.408. The summed E-state index contributed by atoms with van der Waals surface area (Å²) in [5, 5.41) is 0. The van der Waals surface area contributed by atoms with Gasteiger partial charge in [0, 0.05) is 12.3 Å². The van der Waals surface area contributed by atoms with Crippen molar-refractivity contribution in [3.8, 4) is 0 Å². The second-order valence-electron chi connectivity index (χ2n) is 8.65. The van der Waals surface area contributed by atoms with Crippen LogP contribution >= 0.6 is 0 Å². The number of Topliss-reactive ketones (excluding diaryl/α,β-unsaturated/α-hetero) is 1. The van der Waals surface area contributed by atoms with Gasteiger partial charge in [0.1, 0.15) is 5.78 Å². The molecule has 0 aliphatic heterocycles. The topological polar surface area (TPSA) is 17.1 Å². The predicted octanol–water partition coefficient (Wildman–Crippen LogP) is 11.7. The van der Waals surface area contributed by atoms with E-state index in [0.717, 1.165) is 17.8 Å². The lowest BCUT2D eigenvalue weighted by Crippen LogP contribution is -2.03. The molecule has 0 unspecified atom stereocenters. The Morgan fingerprint density at radius 3 is 0.690 bits per heavy atom. The first-order valence-electron chi connectivity index (χ1n) is 11.3. The Labute approximate surface area is 193 Å². The van der Waals surface area contributed by atoms with Crippen LogP contribution in [-0.4, -0.2) is 5.78 Å². The van der Waals surface area contributed by atoms with Gasteiger partial charge >= 0.3 is 0 Å². The largest absolute Gasteiger partial charge is 0.299 e. The number of carbonyl (C=O) groups is 1. The number of rotatable bonds is 3. The molecule has 0 bridgehead atoms. The van der Waals surface area contributed by atoms with E-state index in [-0.39, 0.29) is 28.2 Å². The molecule has 0 rings (SSSR count). The molecule has 0 radical (unpaired) electrons. The van der Waals surface area contributed by atoms with E-state index in [9.17, 15) is 4.79 Å². The van der Waals surface area contributed by atoms with Crippen molar-refractivity contribution < 1.29 is 4.79 Å². The molecule has 0 saturated carbocycles. The first-order chi connectivity index (χ1) is 11.7. The van der Waals surface area contributed by atoms with Crippen molar-refractivity contribution in [3.05, 3.63) is 0 Å². The molecule has 0 aliphatic rings. The van der Waals surface area contributed by atoms with Crippen LogP contribution in [0.4, 0.5) is 0 Å². The van der Waals surface area contributed by atoms with Crippen molar-refractivity contribution in [2.24, 2.45) is 23.7 Å². The predicted molar refractivity (Wildman–Crippen MR) is 148 cm³/mol. The Hall–Kier alpha value is -0.330. The Kier molecular flexibility index (Phi) is 110. The molecule has 29 heavy (non-hydrogen) atoms. The summed E-state index contributed by atoms with van der Waals surface area (Å²) in [5.41, 5.74) is 0. The summed E-state index contributed by atoms with van der Waals surface area (Å²) in [6.45, 7) is 33.9. The fraction of sp³-hybridized carbons (Fsp3) is 0.964. The molecule has 0 aromatic heterocycles. The van der Waals surface area contributed by atoms with Crippen LogP contribution in [0.5, 0.6) is 0 Å². The maximum Gasteiger partial charge on any atom is 0.135 e. The zero-order chi connectivity index (χ0) is 22.7. The van der Waals surface area contributed by atoms with Gasteiger partial charge in [-0.2, -0.15) is 0 Å². The van der Waals surface area contributed by atoms with E-state index in [2.05, 4.69) is 90.0 Å². The summed E-state index contributed by atoms with van der Waals surface area (Å²) in [6.07, 6.45) is 4.48. The SMILES string of the molecule is C.C.C.CC(C)C.CC(C)C.CCC.CCC.CCC(=O)C(C)C.CCC(C)C. The van der Waals surface area contributed by atoms with Gasteiger partial charge in [-0.15, -0.1) is 0 Å². The summed E-state index contributed by atoms with van der Waals surface area (Å²) < 4.78 is 0. The molecule has 0 heterocycles. The number of carbonyl (C=O) groups excluding carboxylic acids is 1. The third-order valence-electron chi connectivity index (χ3n) is 1.81. The molecule has 0 spiro atoms. The maximum atomic E-state index is 10.5. The molecule has 0 aromatic carbocycles. The van der Waals surface area contributed by atoms with Gasteiger partial charge in [-0.1, -0.05) is 152 Å². The molecular formula is C28H72O. The highest BCUT2D eigenvalue weighted by Crippen LogP contribution is 1.95. The van der Waals surface area contributed by atoms with E-state index >= 15 is 0 Å². The Bertz CT molecular complexity index is 177. The van der Waals surface area contributed by atoms with Crippen molar-refractivity contribution in [2.45, 2.75) is 159 Å². The Morgan fingerprint density at radius 1 is 0.552 bits per heavy atom. The lowest BCUT2D eigenvalue weighted by atomic mass is 10.1. The van der Waals surface area contributed by atoms with E-state index in [1.165, 1.54) is 19.3 Å². The summed E-state index contributed by atoms with van der Waals surface area (Å²) in [4.78, 5) is 10.5. The first kappa shape index (κ1) is 56.7. The zero-order valence-electron chi connectivity index (χ0n) is 22.0. The lowest BCUT2D eigenvalue weighted by molar-refractivity contribution is -0.121. The third kappa shape index (κ3) is 310. The van der Waals surface area contributed by atoms with Gasteiger partial charge in [0.05, 0.1) is 0 Å². The molecule has 0 atom stereocenters. The van der Waals surface area contributed by atoms with Crippen LogP contribution in [0.2, 0.25) is 0 Å². The highest BCUT2D eigenvalue weighted by molar-refractivity contribution is 5.79. The van der Waals surface area contributed by atoms with Gasteiger partial charge in [-0.25, -0.2) is 0 Å². The van der Waals surface area contributed by atoms with Gasteiger partial charge in [0.15, 0.2) is 0 Å². The second-order valence-corrected chi connectivity index (χ2v) is 8.65. The maximum absolute atomic E-state index is 10.5. The first-order valence-corrected chi connectivity index (χ1v) is 11.3. The van der Waals surface area contributed by atoms with Crippen LogP contribution in [0, 0.1) is 23.7 Å². The van der Waals surface area contributed by atoms with Crippen LogP contribution in [-0.2, 0) is 4.79 Å². The highest BCUT2D eigenvalue weighted by Gasteiger charge is 2.00. The Morgan fingerprint density at radius 2 is 0.690 bits per heavy atom. The van der Waals surface area contributed by atoms with Gasteiger partial charge < -0.3 is 0 Å². The van der Waals surface area contributed by atoms with Crippen LogP contribution in [0.25, 0.3) is 0 Å². The van der Waals surface area contributed by atoms with Gasteiger partial charge in [-0.05, 0) is 17.8 Å². The number of hydrogen-bond donors (Lipinski definition) is 0. The standard InChI is InChI=1S/C6H12O.C5H12.2C4H10.2C3H8.3CH4/c1-4-6(7)5(2)3;1-4-5(2)3;2*1-4(2)3;2*1-3-2;;;/h5H,4H2,1-3H3;5H,4H2,1-3H3;2*4H,1-3H3;2*3H2,1-2H3;3*1H4. The van der Waals surface area contributed by atoms with E-state index in [1.807, 2.05) is 20.8 Å². The quantitative estimate of drug-likeness (QED) is 0.440. The number of hydrogen-bond acceptors (Lipinski definition) is 1. The van der Waals surface area contributed by atoms with Crippen LogP contribution in [0.15, 0.2) is 0 Å². The molecule has 0 amide bonds. The highest BCUT2D eigenvalue weighted by atomic mass is 16.1. The minimum Gasteiger partial charge on any atom is -0.299 e. The zero-order valence-corrected chi connectivity index (χ0v) is 22.0. The van der Waals surface area contributed by atoms with Gasteiger partial charge in [-0.3, -0.25) is 4.79 Å². The minimum absolute atomic E-state index is 0. The van der Waals surface area contributed by atoms with E-state index < -0.39 is 0 Å². The van der Waals surface area contributed by atoms with Crippen molar-refractivity contribution in [2.75, 3.05) is 0 Å². The van der Waals surface area contributed by atoms with Crippen molar-refractivity contribution in [1.82, 2.24) is 0 Å². The van der Waals surface area contributed by atoms with Crippen molar-refractivity contribution in [3.63, 3.8) is 0 Å². The van der Waals surface area contributed by atoms with Gasteiger partial charge in [0.25, 0.3) is 0 Å². The summed E-state index contributed by atoms with van der Waals surface area (Å²) in [6, 6.07) is 0. The molecular weight excluding hydrogens is 352 g/mol. The summed E-state index contributed by atoms with van der Waals surface area (Å²) in [5.74, 6) is 3.12. The lowest BCUT2D eigenvalue weighted by Gasteiger charge is -1.96. The van der Waals surface area contributed by atoms with E-state index in [1.54, 1.807) is 0 Å². The molecule has 0 aliphatic carbocycles. The molecule has 1 heteroatoms. The Balaban J connectivity index is -0.0000000238. The third-order valence-corrected chi connectivity index (χ3v) is 1.81. The van der Waals surface area contributed by atoms with Crippen molar-refractivity contribution in [1.29, 1.82) is 0 Å². The minimum atomic E-state index is 0. The average molecular weight is 425 g/mol.